The zero-order chi connectivity index (χ0) is 13.8. The van der Waals surface area contributed by atoms with E-state index in [2.05, 4.69) is 15.4 Å². The number of furan rings is 1. The summed E-state index contributed by atoms with van der Waals surface area (Å²) in [6, 6.07) is 5.73. The lowest BCUT2D eigenvalue weighted by Crippen LogP contribution is -2.19. The molecule has 0 aliphatic rings. The quantitative estimate of drug-likeness (QED) is 0.631. The third kappa shape index (κ3) is 3.23. The zero-order valence-corrected chi connectivity index (χ0v) is 11.5. The first kappa shape index (κ1) is 13.4. The highest BCUT2D eigenvalue weighted by Crippen LogP contribution is 2.17. The second-order valence-electron chi connectivity index (χ2n) is 4.39. The predicted molar refractivity (Wildman–Crippen MR) is 74.8 cm³/mol. The molecule has 0 saturated carbocycles. The lowest BCUT2D eigenvalue weighted by atomic mass is 10.3. The molecule has 0 spiro atoms. The number of hydrogen-bond donors (Lipinski definition) is 2. The van der Waals surface area contributed by atoms with Gasteiger partial charge in [0.1, 0.15) is 29.0 Å². The van der Waals surface area contributed by atoms with Crippen molar-refractivity contribution in [1.29, 1.82) is 0 Å². The molecule has 6 nitrogen and oxygen atoms in total. The summed E-state index contributed by atoms with van der Waals surface area (Å²) in [7, 11) is 1.96. The van der Waals surface area contributed by atoms with Crippen LogP contribution in [-0.4, -0.2) is 17.0 Å². The minimum Gasteiger partial charge on any atom is -0.464 e. The molecule has 0 bridgehead atoms. The number of aryl methyl sites for hydroxylation is 2. The molecule has 0 aromatic carbocycles. The third-order valence-electron chi connectivity index (χ3n) is 2.80. The van der Waals surface area contributed by atoms with E-state index in [4.69, 9.17) is 10.3 Å². The maximum atomic E-state index is 5.56. The van der Waals surface area contributed by atoms with E-state index in [0.29, 0.717) is 12.4 Å². The van der Waals surface area contributed by atoms with E-state index in [-0.39, 0.29) is 0 Å². The summed E-state index contributed by atoms with van der Waals surface area (Å²) in [5, 5.41) is 0. The van der Waals surface area contributed by atoms with Gasteiger partial charge in [-0.25, -0.2) is 15.8 Å². The van der Waals surface area contributed by atoms with Gasteiger partial charge >= 0.3 is 0 Å². The molecular formula is C13H19N5O. The first-order chi connectivity index (χ1) is 9.12. The number of nitrogens with zero attached hydrogens (tertiary/aromatic N) is 3. The molecule has 0 atom stereocenters. The molecule has 2 rings (SSSR count). The predicted octanol–water partition coefficient (Wildman–Crippen LogP) is 1.86. The number of nitrogens with one attached hydrogen (secondary N) is 1. The first-order valence-electron chi connectivity index (χ1n) is 6.23. The minimum absolute atomic E-state index is 0.615. The van der Waals surface area contributed by atoms with Gasteiger partial charge in [0.2, 0.25) is 0 Å². The lowest BCUT2D eigenvalue weighted by molar-refractivity contribution is 0.481. The maximum absolute atomic E-state index is 5.56. The van der Waals surface area contributed by atoms with E-state index in [0.717, 1.165) is 29.6 Å². The minimum atomic E-state index is 0.615. The van der Waals surface area contributed by atoms with Crippen molar-refractivity contribution in [2.24, 2.45) is 5.84 Å². The zero-order valence-electron chi connectivity index (χ0n) is 11.5. The van der Waals surface area contributed by atoms with Gasteiger partial charge in [-0.15, -0.1) is 0 Å². The van der Waals surface area contributed by atoms with E-state index < -0.39 is 0 Å². The molecule has 0 fully saturated rings. The Morgan fingerprint density at radius 2 is 2.16 bits per heavy atom. The van der Waals surface area contributed by atoms with Crippen LogP contribution in [0.1, 0.15) is 24.3 Å². The fraction of sp³-hybridized carbons (Fsp3) is 0.385. The Morgan fingerprint density at radius 1 is 1.37 bits per heavy atom. The molecule has 0 unspecified atom stereocenters. The summed E-state index contributed by atoms with van der Waals surface area (Å²) in [5.41, 5.74) is 2.56. The Labute approximate surface area is 112 Å². The summed E-state index contributed by atoms with van der Waals surface area (Å²) >= 11 is 0. The first-order valence-corrected chi connectivity index (χ1v) is 6.23. The summed E-state index contributed by atoms with van der Waals surface area (Å²) in [4.78, 5) is 10.7. The molecular weight excluding hydrogens is 242 g/mol. The monoisotopic (exact) mass is 261 g/mol. The van der Waals surface area contributed by atoms with Crippen molar-refractivity contribution in [2.75, 3.05) is 17.4 Å². The highest BCUT2D eigenvalue weighted by atomic mass is 16.3. The smallest absolute Gasteiger partial charge is 0.145 e. The van der Waals surface area contributed by atoms with Crippen molar-refractivity contribution in [3.63, 3.8) is 0 Å². The molecule has 0 aliphatic carbocycles. The van der Waals surface area contributed by atoms with Crippen LogP contribution in [0.3, 0.4) is 0 Å². The van der Waals surface area contributed by atoms with Crippen LogP contribution < -0.4 is 16.2 Å². The Balaban J connectivity index is 2.20. The van der Waals surface area contributed by atoms with Gasteiger partial charge in [-0.05, 0) is 19.1 Å². The molecule has 2 aromatic heterocycles. The lowest BCUT2D eigenvalue weighted by Gasteiger charge is -2.18. The topological polar surface area (TPSA) is 80.2 Å². The number of hydrogen-bond acceptors (Lipinski definition) is 6. The van der Waals surface area contributed by atoms with Gasteiger partial charge in [-0.1, -0.05) is 6.92 Å². The summed E-state index contributed by atoms with van der Waals surface area (Å²) in [5.74, 6) is 9.42. The molecule has 102 valence electrons. The van der Waals surface area contributed by atoms with E-state index >= 15 is 0 Å². The van der Waals surface area contributed by atoms with Gasteiger partial charge in [0.25, 0.3) is 0 Å². The third-order valence-corrected chi connectivity index (χ3v) is 2.80. The maximum Gasteiger partial charge on any atom is 0.145 e. The number of nitrogen functional groups attached to an aromatic ring is 1. The van der Waals surface area contributed by atoms with Gasteiger partial charge in [0, 0.05) is 19.5 Å². The van der Waals surface area contributed by atoms with Crippen LogP contribution in [0.25, 0.3) is 0 Å². The molecule has 3 N–H and O–H groups in total. The van der Waals surface area contributed by atoms with Gasteiger partial charge in [0.05, 0.1) is 6.54 Å². The molecule has 19 heavy (non-hydrogen) atoms. The van der Waals surface area contributed by atoms with Crippen molar-refractivity contribution >= 4 is 11.6 Å². The van der Waals surface area contributed by atoms with E-state index in [1.165, 1.54) is 0 Å². The average molecular weight is 261 g/mol. The number of anilines is 2. The second-order valence-corrected chi connectivity index (χ2v) is 4.39. The molecule has 0 saturated heterocycles. The number of rotatable bonds is 5. The van der Waals surface area contributed by atoms with Crippen molar-refractivity contribution in [1.82, 2.24) is 9.97 Å². The largest absolute Gasteiger partial charge is 0.464 e. The molecule has 0 aliphatic heterocycles. The van der Waals surface area contributed by atoms with Crippen LogP contribution in [-0.2, 0) is 13.0 Å². The summed E-state index contributed by atoms with van der Waals surface area (Å²) < 4.78 is 5.56. The normalized spacial score (nSPS) is 10.5. The Hall–Kier alpha value is -2.08. The van der Waals surface area contributed by atoms with Crippen molar-refractivity contribution in [3.8, 4) is 0 Å². The molecule has 6 heteroatoms. The summed E-state index contributed by atoms with van der Waals surface area (Å²) in [6.45, 7) is 4.59. The Bertz CT molecular complexity index is 529. The Kier molecular flexibility index (Phi) is 4.01. The molecule has 2 aromatic rings. The van der Waals surface area contributed by atoms with Gasteiger partial charge in [0.15, 0.2) is 0 Å². The van der Waals surface area contributed by atoms with E-state index in [1.807, 2.05) is 44.0 Å². The van der Waals surface area contributed by atoms with Crippen LogP contribution >= 0.6 is 0 Å². The van der Waals surface area contributed by atoms with Crippen LogP contribution in [0.4, 0.5) is 11.6 Å². The second kappa shape index (κ2) is 5.71. The molecule has 0 radical (unpaired) electrons. The number of nitrogens with two attached hydrogens (primary N) is 1. The fourth-order valence-corrected chi connectivity index (χ4v) is 1.80. The van der Waals surface area contributed by atoms with Gasteiger partial charge in [-0.3, -0.25) is 0 Å². The van der Waals surface area contributed by atoms with Crippen molar-refractivity contribution in [2.45, 2.75) is 26.8 Å². The highest BCUT2D eigenvalue weighted by Gasteiger charge is 2.09. The van der Waals surface area contributed by atoms with Gasteiger partial charge < -0.3 is 14.7 Å². The average Bonchev–Trinajstić information content (AvgIpc) is 2.83. The molecule has 0 amide bonds. The Morgan fingerprint density at radius 3 is 2.74 bits per heavy atom. The highest BCUT2D eigenvalue weighted by molar-refractivity contribution is 5.48. The van der Waals surface area contributed by atoms with Gasteiger partial charge in [-0.2, -0.15) is 0 Å². The van der Waals surface area contributed by atoms with Crippen LogP contribution in [0.2, 0.25) is 0 Å². The van der Waals surface area contributed by atoms with Crippen molar-refractivity contribution < 1.29 is 4.42 Å². The summed E-state index contributed by atoms with van der Waals surface area (Å²) in [6.07, 6.45) is 0.760. The SMILES string of the molecule is CCc1nc(NN)cc(N(C)Cc2ccc(C)o2)n1. The fourth-order valence-electron chi connectivity index (χ4n) is 1.80. The number of hydrazine groups is 1. The standard InChI is InChI=1S/C13H19N5O/c1-4-11-15-12(17-14)7-13(16-11)18(3)8-10-6-5-9(2)19-10/h5-7H,4,8,14H2,1-3H3,(H,15,16,17). The van der Waals surface area contributed by atoms with E-state index in [1.54, 1.807) is 0 Å². The van der Waals surface area contributed by atoms with Crippen LogP contribution in [0.15, 0.2) is 22.6 Å². The van der Waals surface area contributed by atoms with Crippen LogP contribution in [0, 0.1) is 6.92 Å². The van der Waals surface area contributed by atoms with Crippen LogP contribution in [0.5, 0.6) is 0 Å². The van der Waals surface area contributed by atoms with E-state index in [9.17, 15) is 0 Å². The molecule has 2 heterocycles. The van der Waals surface area contributed by atoms with Crippen molar-refractivity contribution in [3.05, 3.63) is 35.5 Å². The number of aromatic nitrogens is 2.